The van der Waals surface area contributed by atoms with Crippen LogP contribution in [0.2, 0.25) is 5.02 Å². The zero-order chi connectivity index (χ0) is 14.5. The van der Waals surface area contributed by atoms with Gasteiger partial charge < -0.3 is 10.1 Å². The van der Waals surface area contributed by atoms with Gasteiger partial charge in [0.1, 0.15) is 18.1 Å². The quantitative estimate of drug-likeness (QED) is 0.889. The van der Waals surface area contributed by atoms with E-state index in [1.807, 2.05) is 31.4 Å². The van der Waals surface area contributed by atoms with Crippen molar-refractivity contribution in [3.05, 3.63) is 40.7 Å². The van der Waals surface area contributed by atoms with Crippen LogP contribution in [0.4, 0.5) is 0 Å². The summed E-state index contributed by atoms with van der Waals surface area (Å²) in [6, 6.07) is 6.16. The second-order valence-corrected chi connectivity index (χ2v) is 5.34. The Bertz CT molecular complexity index is 568. The van der Waals surface area contributed by atoms with Crippen molar-refractivity contribution in [2.75, 3.05) is 0 Å². The molecule has 1 aromatic carbocycles. The maximum absolute atomic E-state index is 6.22. The van der Waals surface area contributed by atoms with Crippen molar-refractivity contribution in [2.45, 2.75) is 33.0 Å². The molecule has 0 aliphatic rings. The average Bonchev–Trinajstić information content (AvgIpc) is 2.81. The van der Waals surface area contributed by atoms with Gasteiger partial charge in [0.2, 0.25) is 0 Å². The molecule has 0 unspecified atom stereocenters. The third-order valence-electron chi connectivity index (χ3n) is 2.76. The molecular weight excluding hydrogens is 276 g/mol. The van der Waals surface area contributed by atoms with Crippen molar-refractivity contribution >= 4 is 11.6 Å². The van der Waals surface area contributed by atoms with Crippen LogP contribution in [0.3, 0.4) is 0 Å². The first-order valence-electron chi connectivity index (χ1n) is 6.55. The lowest BCUT2D eigenvalue weighted by atomic mass is 10.2. The third kappa shape index (κ3) is 3.95. The fourth-order valence-electron chi connectivity index (χ4n) is 1.78. The Hall–Kier alpha value is -1.59. The number of rotatable bonds is 6. The molecule has 0 aliphatic heterocycles. The lowest BCUT2D eigenvalue weighted by Gasteiger charge is -2.14. The molecule has 0 bridgehead atoms. The van der Waals surface area contributed by atoms with Crippen LogP contribution in [0.15, 0.2) is 24.4 Å². The number of benzene rings is 1. The number of hydrogen-bond donors (Lipinski definition) is 1. The predicted octanol–water partition coefficient (Wildman–Crippen LogP) is 2.55. The minimum Gasteiger partial charge on any atom is -0.485 e. The van der Waals surface area contributed by atoms with Crippen LogP contribution in [0, 0.1) is 0 Å². The summed E-state index contributed by atoms with van der Waals surface area (Å²) in [4.78, 5) is 0. The Morgan fingerprint density at radius 3 is 2.85 bits per heavy atom. The van der Waals surface area contributed by atoms with E-state index in [9.17, 15) is 0 Å². The summed E-state index contributed by atoms with van der Waals surface area (Å²) in [5, 5.41) is 11.8. The van der Waals surface area contributed by atoms with Gasteiger partial charge in [-0.1, -0.05) is 42.8 Å². The van der Waals surface area contributed by atoms with Gasteiger partial charge in [-0.3, -0.25) is 4.68 Å². The maximum atomic E-state index is 6.22. The summed E-state index contributed by atoms with van der Waals surface area (Å²) in [5.41, 5.74) is 1.81. The van der Waals surface area contributed by atoms with E-state index in [-0.39, 0.29) is 0 Å². The Kier molecular flexibility index (Phi) is 4.98. The molecule has 0 radical (unpaired) electrons. The van der Waals surface area contributed by atoms with Gasteiger partial charge in [0.25, 0.3) is 0 Å². The summed E-state index contributed by atoms with van der Waals surface area (Å²) in [7, 11) is 1.82. The molecule has 20 heavy (non-hydrogen) atoms. The standard InChI is InChI=1S/C14H19ClN4O/c1-10(2)16-7-11-5-4-6-13(15)14(11)20-9-12-8-19(3)18-17-12/h4-6,8,10,16H,7,9H2,1-3H3. The maximum Gasteiger partial charge on any atom is 0.142 e. The zero-order valence-electron chi connectivity index (χ0n) is 11.9. The van der Waals surface area contributed by atoms with Gasteiger partial charge >= 0.3 is 0 Å². The van der Waals surface area contributed by atoms with E-state index >= 15 is 0 Å². The molecule has 0 spiro atoms. The fraction of sp³-hybridized carbons (Fsp3) is 0.429. The number of aryl methyl sites for hydroxylation is 1. The molecule has 0 saturated carbocycles. The highest BCUT2D eigenvalue weighted by Crippen LogP contribution is 2.29. The van der Waals surface area contributed by atoms with Gasteiger partial charge in [-0.25, -0.2) is 0 Å². The number of para-hydroxylation sites is 1. The second-order valence-electron chi connectivity index (χ2n) is 4.94. The highest BCUT2D eigenvalue weighted by molar-refractivity contribution is 6.32. The van der Waals surface area contributed by atoms with Crippen LogP contribution < -0.4 is 10.1 Å². The van der Waals surface area contributed by atoms with Crippen molar-refractivity contribution in [2.24, 2.45) is 7.05 Å². The molecule has 0 aliphatic carbocycles. The summed E-state index contributed by atoms with van der Waals surface area (Å²) in [6.07, 6.45) is 1.82. The molecule has 1 N–H and O–H groups in total. The molecule has 2 rings (SSSR count). The minimum atomic E-state index is 0.353. The third-order valence-corrected chi connectivity index (χ3v) is 3.06. The molecule has 0 atom stereocenters. The number of halogens is 1. The molecule has 1 heterocycles. The van der Waals surface area contributed by atoms with E-state index in [0.717, 1.165) is 11.3 Å². The lowest BCUT2D eigenvalue weighted by molar-refractivity contribution is 0.297. The zero-order valence-corrected chi connectivity index (χ0v) is 12.7. The van der Waals surface area contributed by atoms with Gasteiger partial charge in [0, 0.05) is 25.2 Å². The van der Waals surface area contributed by atoms with Crippen molar-refractivity contribution in [3.8, 4) is 5.75 Å². The monoisotopic (exact) mass is 294 g/mol. The number of nitrogens with zero attached hydrogens (tertiary/aromatic N) is 3. The van der Waals surface area contributed by atoms with Crippen molar-refractivity contribution in [1.82, 2.24) is 20.3 Å². The van der Waals surface area contributed by atoms with E-state index in [0.29, 0.717) is 30.0 Å². The number of hydrogen-bond acceptors (Lipinski definition) is 4. The second kappa shape index (κ2) is 6.72. The van der Waals surface area contributed by atoms with E-state index in [1.165, 1.54) is 0 Å². The lowest BCUT2D eigenvalue weighted by Crippen LogP contribution is -2.22. The van der Waals surface area contributed by atoms with Gasteiger partial charge in [0.05, 0.1) is 11.2 Å². The van der Waals surface area contributed by atoms with E-state index in [2.05, 4.69) is 29.5 Å². The highest BCUT2D eigenvalue weighted by Gasteiger charge is 2.10. The van der Waals surface area contributed by atoms with Crippen LogP contribution in [-0.2, 0) is 20.2 Å². The molecule has 0 amide bonds. The molecular formula is C14H19ClN4O. The minimum absolute atomic E-state index is 0.353. The van der Waals surface area contributed by atoms with Crippen LogP contribution in [0.5, 0.6) is 5.75 Å². The molecule has 6 heteroatoms. The van der Waals surface area contributed by atoms with Gasteiger partial charge in [-0.2, -0.15) is 0 Å². The molecule has 5 nitrogen and oxygen atoms in total. The smallest absolute Gasteiger partial charge is 0.142 e. The van der Waals surface area contributed by atoms with E-state index < -0.39 is 0 Å². The topological polar surface area (TPSA) is 52.0 Å². The first-order chi connectivity index (χ1) is 9.56. The van der Waals surface area contributed by atoms with Crippen LogP contribution in [0.25, 0.3) is 0 Å². The molecule has 0 saturated heterocycles. The van der Waals surface area contributed by atoms with Gasteiger partial charge in [-0.15, -0.1) is 5.10 Å². The Labute approximate surface area is 123 Å². The fourth-order valence-corrected chi connectivity index (χ4v) is 2.02. The van der Waals surface area contributed by atoms with Gasteiger partial charge in [-0.05, 0) is 6.07 Å². The van der Waals surface area contributed by atoms with Crippen molar-refractivity contribution in [3.63, 3.8) is 0 Å². The molecule has 1 aromatic heterocycles. The number of nitrogens with one attached hydrogen (secondary N) is 1. The van der Waals surface area contributed by atoms with Crippen molar-refractivity contribution < 1.29 is 4.74 Å². The summed E-state index contributed by atoms with van der Waals surface area (Å²) in [6.45, 7) is 5.27. The molecule has 0 fully saturated rings. The summed E-state index contributed by atoms with van der Waals surface area (Å²) >= 11 is 6.22. The Morgan fingerprint density at radius 1 is 1.40 bits per heavy atom. The number of aromatic nitrogens is 3. The van der Waals surface area contributed by atoms with Crippen LogP contribution in [0.1, 0.15) is 25.1 Å². The van der Waals surface area contributed by atoms with Crippen molar-refractivity contribution in [1.29, 1.82) is 0 Å². The molecule has 108 valence electrons. The normalized spacial score (nSPS) is 11.1. The Balaban J connectivity index is 2.08. The SMILES string of the molecule is CC(C)NCc1cccc(Cl)c1OCc1cn(C)nn1. The predicted molar refractivity (Wildman–Crippen MR) is 78.8 cm³/mol. The molecule has 2 aromatic rings. The summed E-state index contributed by atoms with van der Waals surface area (Å²) < 4.78 is 7.46. The Morgan fingerprint density at radius 2 is 2.20 bits per heavy atom. The highest BCUT2D eigenvalue weighted by atomic mass is 35.5. The van der Waals surface area contributed by atoms with Gasteiger partial charge in [0.15, 0.2) is 0 Å². The van der Waals surface area contributed by atoms with Crippen LogP contribution in [-0.4, -0.2) is 21.0 Å². The largest absolute Gasteiger partial charge is 0.485 e. The summed E-state index contributed by atoms with van der Waals surface area (Å²) in [5.74, 6) is 0.702. The van der Waals surface area contributed by atoms with Crippen LogP contribution >= 0.6 is 11.6 Å². The van der Waals surface area contributed by atoms with E-state index in [4.69, 9.17) is 16.3 Å². The average molecular weight is 295 g/mol. The first kappa shape index (κ1) is 14.8. The van der Waals surface area contributed by atoms with E-state index in [1.54, 1.807) is 4.68 Å². The number of ether oxygens (including phenoxy) is 1. The first-order valence-corrected chi connectivity index (χ1v) is 6.93.